The van der Waals surface area contributed by atoms with Gasteiger partial charge in [-0.05, 0) is 17.9 Å². The van der Waals surface area contributed by atoms with Crippen LogP contribution in [0.25, 0.3) is 0 Å². The standard InChI is InChI=1S/C14H17F3O5S/c1-11(9-22-23(19,20)14(15,16)17)7-8-13(18)21-10-12-5-3-2-4-6-12/h2-6,11H,7-10H2,1H3. The topological polar surface area (TPSA) is 69.7 Å². The zero-order chi connectivity index (χ0) is 17.5. The predicted octanol–water partition coefficient (Wildman–Crippen LogP) is 3.01. The molecule has 1 rings (SSSR count). The molecule has 130 valence electrons. The summed E-state index contributed by atoms with van der Waals surface area (Å²) in [4.78, 5) is 11.5. The first kappa shape index (κ1) is 19.4. The highest BCUT2D eigenvalue weighted by Crippen LogP contribution is 2.25. The second kappa shape index (κ2) is 8.30. The van der Waals surface area contributed by atoms with Crippen LogP contribution in [0.5, 0.6) is 0 Å². The van der Waals surface area contributed by atoms with Gasteiger partial charge in [-0.15, -0.1) is 0 Å². The molecule has 0 aliphatic heterocycles. The molecule has 0 aromatic heterocycles. The molecule has 1 unspecified atom stereocenters. The molecule has 0 heterocycles. The molecule has 1 aromatic carbocycles. The van der Waals surface area contributed by atoms with Gasteiger partial charge in [-0.3, -0.25) is 8.98 Å². The lowest BCUT2D eigenvalue weighted by molar-refractivity contribution is -0.145. The van der Waals surface area contributed by atoms with Crippen LogP contribution in [0.1, 0.15) is 25.3 Å². The quantitative estimate of drug-likeness (QED) is 0.408. The average molecular weight is 354 g/mol. The van der Waals surface area contributed by atoms with E-state index in [1.54, 1.807) is 24.3 Å². The number of carbonyl (C=O) groups is 1. The Morgan fingerprint density at radius 3 is 2.39 bits per heavy atom. The number of benzene rings is 1. The van der Waals surface area contributed by atoms with Crippen LogP contribution in [-0.2, 0) is 30.4 Å². The van der Waals surface area contributed by atoms with Crippen LogP contribution < -0.4 is 0 Å². The van der Waals surface area contributed by atoms with Crippen LogP contribution >= 0.6 is 0 Å². The van der Waals surface area contributed by atoms with Crippen LogP contribution in [0, 0.1) is 5.92 Å². The van der Waals surface area contributed by atoms with Crippen molar-refractivity contribution in [3.8, 4) is 0 Å². The highest BCUT2D eigenvalue weighted by atomic mass is 32.2. The summed E-state index contributed by atoms with van der Waals surface area (Å²) >= 11 is 0. The van der Waals surface area contributed by atoms with Crippen molar-refractivity contribution in [3.05, 3.63) is 35.9 Å². The van der Waals surface area contributed by atoms with E-state index in [1.807, 2.05) is 6.07 Å². The summed E-state index contributed by atoms with van der Waals surface area (Å²) in [6.07, 6.45) is 0.116. The fourth-order valence-corrected chi connectivity index (χ4v) is 2.08. The molecule has 1 atom stereocenters. The van der Waals surface area contributed by atoms with Crippen molar-refractivity contribution in [3.63, 3.8) is 0 Å². The summed E-state index contributed by atoms with van der Waals surface area (Å²) in [5.74, 6) is -1.06. The van der Waals surface area contributed by atoms with E-state index in [4.69, 9.17) is 4.74 Å². The summed E-state index contributed by atoms with van der Waals surface area (Å²) in [6.45, 7) is 0.942. The molecule has 23 heavy (non-hydrogen) atoms. The van der Waals surface area contributed by atoms with Crippen molar-refractivity contribution >= 4 is 16.1 Å². The maximum absolute atomic E-state index is 12.1. The molecule has 5 nitrogen and oxygen atoms in total. The molecule has 0 N–H and O–H groups in total. The lowest BCUT2D eigenvalue weighted by atomic mass is 10.1. The number of halogens is 3. The van der Waals surface area contributed by atoms with Crippen molar-refractivity contribution in [2.45, 2.75) is 31.9 Å². The SMILES string of the molecule is CC(CCC(=O)OCc1ccccc1)COS(=O)(=O)C(F)(F)F. The van der Waals surface area contributed by atoms with E-state index in [1.165, 1.54) is 6.92 Å². The molecule has 0 radical (unpaired) electrons. The number of hydrogen-bond donors (Lipinski definition) is 0. The Balaban J connectivity index is 2.28. The summed E-state index contributed by atoms with van der Waals surface area (Å²) in [5, 5.41) is 0. The third kappa shape index (κ3) is 7.00. The highest BCUT2D eigenvalue weighted by molar-refractivity contribution is 7.87. The number of esters is 1. The Morgan fingerprint density at radius 1 is 1.22 bits per heavy atom. The molecular weight excluding hydrogens is 337 g/mol. The largest absolute Gasteiger partial charge is 0.523 e. The molecule has 1 aromatic rings. The Labute approximate surface area is 132 Å². The molecule has 9 heteroatoms. The number of hydrogen-bond acceptors (Lipinski definition) is 5. The second-order valence-electron chi connectivity index (χ2n) is 4.97. The van der Waals surface area contributed by atoms with Gasteiger partial charge in [0.1, 0.15) is 6.61 Å². The molecule has 0 fully saturated rings. The Bertz CT molecular complexity index is 599. The maximum Gasteiger partial charge on any atom is 0.523 e. The lowest BCUT2D eigenvalue weighted by Crippen LogP contribution is -2.27. The van der Waals surface area contributed by atoms with Gasteiger partial charge in [-0.2, -0.15) is 21.6 Å². The van der Waals surface area contributed by atoms with E-state index in [2.05, 4.69) is 4.18 Å². The molecule has 0 amide bonds. The van der Waals surface area contributed by atoms with Gasteiger partial charge in [0.15, 0.2) is 0 Å². The van der Waals surface area contributed by atoms with E-state index in [0.717, 1.165) is 5.56 Å². The first-order valence-corrected chi connectivity index (χ1v) is 8.18. The summed E-state index contributed by atoms with van der Waals surface area (Å²) in [7, 11) is -5.59. The Kier molecular flexibility index (Phi) is 7.01. The smallest absolute Gasteiger partial charge is 0.461 e. The molecule has 0 aliphatic carbocycles. The van der Waals surface area contributed by atoms with Crippen molar-refractivity contribution < 1.29 is 35.3 Å². The zero-order valence-corrected chi connectivity index (χ0v) is 13.2. The molecule has 0 saturated heterocycles. The maximum atomic E-state index is 12.1. The first-order valence-electron chi connectivity index (χ1n) is 6.77. The second-order valence-corrected chi connectivity index (χ2v) is 6.58. The normalized spacial score (nSPS) is 13.6. The zero-order valence-electron chi connectivity index (χ0n) is 12.4. The van der Waals surface area contributed by atoms with Gasteiger partial charge in [0.25, 0.3) is 0 Å². The summed E-state index contributed by atoms with van der Waals surface area (Å²) in [6, 6.07) is 8.98. The Morgan fingerprint density at radius 2 is 1.83 bits per heavy atom. The third-order valence-electron chi connectivity index (χ3n) is 2.88. The number of rotatable bonds is 8. The summed E-state index contributed by atoms with van der Waals surface area (Å²) < 4.78 is 66.6. The Hall–Kier alpha value is -1.61. The first-order chi connectivity index (χ1) is 10.6. The minimum absolute atomic E-state index is 0.0383. The fraction of sp³-hybridized carbons (Fsp3) is 0.500. The lowest BCUT2D eigenvalue weighted by Gasteiger charge is -2.13. The minimum Gasteiger partial charge on any atom is -0.461 e. The van der Waals surface area contributed by atoms with E-state index in [0.29, 0.717) is 0 Å². The van der Waals surface area contributed by atoms with Crippen LogP contribution in [0.4, 0.5) is 13.2 Å². The minimum atomic E-state index is -5.59. The van der Waals surface area contributed by atoms with Crippen LogP contribution in [0.15, 0.2) is 30.3 Å². The fourth-order valence-electron chi connectivity index (χ4n) is 1.53. The van der Waals surface area contributed by atoms with Crippen LogP contribution in [-0.4, -0.2) is 26.5 Å². The highest BCUT2D eigenvalue weighted by Gasteiger charge is 2.47. The van der Waals surface area contributed by atoms with Gasteiger partial charge in [-0.1, -0.05) is 37.3 Å². The van der Waals surface area contributed by atoms with Gasteiger partial charge in [0.05, 0.1) is 6.61 Å². The molecule has 0 saturated carbocycles. The monoisotopic (exact) mass is 354 g/mol. The van der Waals surface area contributed by atoms with E-state index in [-0.39, 0.29) is 19.4 Å². The van der Waals surface area contributed by atoms with E-state index in [9.17, 15) is 26.4 Å². The molecular formula is C14H17F3O5S. The third-order valence-corrected chi connectivity index (χ3v) is 3.89. The van der Waals surface area contributed by atoms with Crippen molar-refractivity contribution in [1.82, 2.24) is 0 Å². The van der Waals surface area contributed by atoms with Gasteiger partial charge < -0.3 is 4.74 Å². The molecule has 0 spiro atoms. The predicted molar refractivity (Wildman–Crippen MR) is 75.6 cm³/mol. The van der Waals surface area contributed by atoms with Gasteiger partial charge in [0, 0.05) is 6.42 Å². The van der Waals surface area contributed by atoms with E-state index < -0.39 is 34.1 Å². The molecule has 0 aliphatic rings. The van der Waals surface area contributed by atoms with Gasteiger partial charge >= 0.3 is 21.6 Å². The number of alkyl halides is 3. The number of carbonyl (C=O) groups excluding carboxylic acids is 1. The van der Waals surface area contributed by atoms with Crippen molar-refractivity contribution in [1.29, 1.82) is 0 Å². The summed E-state index contributed by atoms with van der Waals surface area (Å²) in [5.41, 5.74) is -4.63. The van der Waals surface area contributed by atoms with Gasteiger partial charge in [0.2, 0.25) is 0 Å². The molecule has 0 bridgehead atoms. The van der Waals surface area contributed by atoms with Crippen molar-refractivity contribution in [2.24, 2.45) is 5.92 Å². The van der Waals surface area contributed by atoms with Crippen LogP contribution in [0.3, 0.4) is 0 Å². The van der Waals surface area contributed by atoms with E-state index >= 15 is 0 Å². The van der Waals surface area contributed by atoms with Crippen molar-refractivity contribution in [2.75, 3.05) is 6.61 Å². The average Bonchev–Trinajstić information content (AvgIpc) is 2.49. The van der Waals surface area contributed by atoms with Crippen LogP contribution in [0.2, 0.25) is 0 Å². The van der Waals surface area contributed by atoms with Gasteiger partial charge in [-0.25, -0.2) is 0 Å². The number of ether oxygens (including phenoxy) is 1.